The van der Waals surface area contributed by atoms with Crippen molar-refractivity contribution in [3.8, 4) is 0 Å². The summed E-state index contributed by atoms with van der Waals surface area (Å²) >= 11 is 0. The third-order valence-corrected chi connectivity index (χ3v) is 3.80. The van der Waals surface area contributed by atoms with E-state index in [0.29, 0.717) is 43.9 Å². The zero-order valence-corrected chi connectivity index (χ0v) is 14.1. The first kappa shape index (κ1) is 17.7. The van der Waals surface area contributed by atoms with Crippen molar-refractivity contribution < 1.29 is 13.9 Å². The van der Waals surface area contributed by atoms with Crippen molar-refractivity contribution in [1.29, 1.82) is 0 Å². The molecule has 1 aliphatic heterocycles. The lowest BCUT2D eigenvalue weighted by molar-refractivity contribution is 0.0138. The number of rotatable bonds is 3. The molecule has 0 radical (unpaired) electrons. The summed E-state index contributed by atoms with van der Waals surface area (Å²) in [4.78, 5) is 15.9. The Kier molecular flexibility index (Phi) is 5.59. The summed E-state index contributed by atoms with van der Waals surface area (Å²) in [6, 6.07) is 5.32. The van der Waals surface area contributed by atoms with Crippen LogP contribution >= 0.6 is 0 Å². The van der Waals surface area contributed by atoms with Crippen molar-refractivity contribution in [3.05, 3.63) is 35.1 Å². The summed E-state index contributed by atoms with van der Waals surface area (Å²) in [5.41, 5.74) is 6.25. The van der Waals surface area contributed by atoms with Gasteiger partial charge in [-0.3, -0.25) is 4.90 Å². The fourth-order valence-corrected chi connectivity index (χ4v) is 2.57. The molecule has 0 spiro atoms. The summed E-state index contributed by atoms with van der Waals surface area (Å²) in [5, 5.41) is 0. The SMILES string of the molecule is CC(C)(C)OC(=O)N1CCN(Cc2cccc(CN)c2F)CC1. The molecule has 6 heteroatoms. The molecule has 5 nitrogen and oxygen atoms in total. The fourth-order valence-electron chi connectivity index (χ4n) is 2.57. The molecule has 128 valence electrons. The van der Waals surface area contributed by atoms with E-state index in [1.807, 2.05) is 26.8 Å². The number of halogens is 1. The molecule has 0 aromatic heterocycles. The van der Waals surface area contributed by atoms with Crippen molar-refractivity contribution in [1.82, 2.24) is 9.80 Å². The number of hydrogen-bond acceptors (Lipinski definition) is 4. The maximum absolute atomic E-state index is 14.2. The molecule has 0 bridgehead atoms. The number of hydrogen-bond donors (Lipinski definition) is 1. The quantitative estimate of drug-likeness (QED) is 0.927. The van der Waals surface area contributed by atoms with Gasteiger partial charge in [-0.25, -0.2) is 9.18 Å². The molecule has 0 aliphatic carbocycles. The molecule has 1 aliphatic rings. The van der Waals surface area contributed by atoms with Crippen molar-refractivity contribution in [2.45, 2.75) is 39.5 Å². The zero-order valence-electron chi connectivity index (χ0n) is 14.1. The van der Waals surface area contributed by atoms with E-state index in [0.717, 1.165) is 0 Å². The first-order valence-electron chi connectivity index (χ1n) is 7.97. The van der Waals surface area contributed by atoms with E-state index in [9.17, 15) is 9.18 Å². The summed E-state index contributed by atoms with van der Waals surface area (Å²) in [6.07, 6.45) is -0.284. The molecule has 1 amide bonds. The van der Waals surface area contributed by atoms with Gasteiger partial charge >= 0.3 is 6.09 Å². The van der Waals surface area contributed by atoms with Crippen LogP contribution in [0.1, 0.15) is 31.9 Å². The highest BCUT2D eigenvalue weighted by Gasteiger charge is 2.26. The summed E-state index contributed by atoms with van der Waals surface area (Å²) in [5.74, 6) is -0.218. The van der Waals surface area contributed by atoms with Crippen LogP contribution in [0.2, 0.25) is 0 Å². The van der Waals surface area contributed by atoms with Gasteiger partial charge in [-0.1, -0.05) is 18.2 Å². The molecule has 1 aromatic carbocycles. The van der Waals surface area contributed by atoms with E-state index in [-0.39, 0.29) is 18.5 Å². The molecule has 0 saturated carbocycles. The van der Waals surface area contributed by atoms with Crippen LogP contribution in [0.25, 0.3) is 0 Å². The number of nitrogens with two attached hydrogens (primary N) is 1. The number of benzene rings is 1. The fraction of sp³-hybridized carbons (Fsp3) is 0.588. The standard InChI is InChI=1S/C17H26FN3O2/c1-17(2,3)23-16(22)21-9-7-20(8-10-21)12-14-6-4-5-13(11-19)15(14)18/h4-6H,7-12,19H2,1-3H3. The van der Waals surface area contributed by atoms with Crippen LogP contribution in [-0.4, -0.2) is 47.7 Å². The predicted molar refractivity (Wildman–Crippen MR) is 87.4 cm³/mol. The number of amides is 1. The number of nitrogens with zero attached hydrogens (tertiary/aromatic N) is 2. The second-order valence-electron chi connectivity index (χ2n) is 6.84. The van der Waals surface area contributed by atoms with Crippen LogP contribution < -0.4 is 5.73 Å². The van der Waals surface area contributed by atoms with Crippen molar-refractivity contribution >= 4 is 6.09 Å². The lowest BCUT2D eigenvalue weighted by Crippen LogP contribution is -2.49. The Labute approximate surface area is 137 Å². The Morgan fingerprint density at radius 3 is 2.39 bits per heavy atom. The van der Waals surface area contributed by atoms with E-state index in [4.69, 9.17) is 10.5 Å². The van der Waals surface area contributed by atoms with Crippen LogP contribution in [0.5, 0.6) is 0 Å². The van der Waals surface area contributed by atoms with Gasteiger partial charge in [0.15, 0.2) is 0 Å². The molecule has 1 aromatic rings. The van der Waals surface area contributed by atoms with Gasteiger partial charge in [0.05, 0.1) is 0 Å². The molecule has 1 fully saturated rings. The van der Waals surface area contributed by atoms with Crippen LogP contribution in [0.4, 0.5) is 9.18 Å². The van der Waals surface area contributed by atoms with E-state index >= 15 is 0 Å². The maximum Gasteiger partial charge on any atom is 0.410 e. The molecule has 2 N–H and O–H groups in total. The Bertz CT molecular complexity index is 549. The van der Waals surface area contributed by atoms with E-state index in [1.54, 1.807) is 17.0 Å². The van der Waals surface area contributed by atoms with Crippen LogP contribution in [0.3, 0.4) is 0 Å². The van der Waals surface area contributed by atoms with Crippen molar-refractivity contribution in [2.75, 3.05) is 26.2 Å². The normalized spacial score (nSPS) is 16.5. The maximum atomic E-state index is 14.2. The highest BCUT2D eigenvalue weighted by atomic mass is 19.1. The van der Waals surface area contributed by atoms with Gasteiger partial charge in [0.25, 0.3) is 0 Å². The second kappa shape index (κ2) is 7.27. The lowest BCUT2D eigenvalue weighted by atomic mass is 10.1. The monoisotopic (exact) mass is 323 g/mol. The molecule has 1 heterocycles. The first-order valence-corrected chi connectivity index (χ1v) is 7.97. The van der Waals surface area contributed by atoms with E-state index in [2.05, 4.69) is 4.90 Å². The second-order valence-corrected chi connectivity index (χ2v) is 6.84. The molecule has 1 saturated heterocycles. The third-order valence-electron chi connectivity index (χ3n) is 3.80. The minimum Gasteiger partial charge on any atom is -0.444 e. The van der Waals surface area contributed by atoms with Gasteiger partial charge in [-0.2, -0.15) is 0 Å². The van der Waals surface area contributed by atoms with Gasteiger partial charge in [0.2, 0.25) is 0 Å². The average molecular weight is 323 g/mol. The average Bonchev–Trinajstić information content (AvgIpc) is 2.48. The molecular formula is C17H26FN3O2. The van der Waals surface area contributed by atoms with Gasteiger partial charge in [0, 0.05) is 50.4 Å². The van der Waals surface area contributed by atoms with Gasteiger partial charge in [-0.15, -0.1) is 0 Å². The third kappa shape index (κ3) is 4.91. The van der Waals surface area contributed by atoms with Crippen LogP contribution in [0.15, 0.2) is 18.2 Å². The highest BCUT2D eigenvalue weighted by Crippen LogP contribution is 2.17. The van der Waals surface area contributed by atoms with Gasteiger partial charge in [0.1, 0.15) is 11.4 Å². The van der Waals surface area contributed by atoms with Crippen LogP contribution in [0, 0.1) is 5.82 Å². The summed E-state index contributed by atoms with van der Waals surface area (Å²) in [6.45, 7) is 8.88. The Hall–Kier alpha value is -1.66. The lowest BCUT2D eigenvalue weighted by Gasteiger charge is -2.35. The zero-order chi connectivity index (χ0) is 17.0. The Morgan fingerprint density at radius 2 is 1.83 bits per heavy atom. The van der Waals surface area contributed by atoms with Gasteiger partial charge in [-0.05, 0) is 20.8 Å². The molecule has 23 heavy (non-hydrogen) atoms. The summed E-state index contributed by atoms with van der Waals surface area (Å²) in [7, 11) is 0. The molecule has 0 atom stereocenters. The smallest absolute Gasteiger partial charge is 0.410 e. The minimum atomic E-state index is -0.486. The van der Waals surface area contributed by atoms with E-state index in [1.165, 1.54) is 0 Å². The molecule has 2 rings (SSSR count). The first-order chi connectivity index (χ1) is 10.8. The number of ether oxygens (including phenoxy) is 1. The molecular weight excluding hydrogens is 297 g/mol. The molecule has 0 unspecified atom stereocenters. The van der Waals surface area contributed by atoms with Crippen molar-refractivity contribution in [2.24, 2.45) is 5.73 Å². The number of piperazine rings is 1. The van der Waals surface area contributed by atoms with E-state index < -0.39 is 5.60 Å². The van der Waals surface area contributed by atoms with Crippen LogP contribution in [-0.2, 0) is 17.8 Å². The van der Waals surface area contributed by atoms with Gasteiger partial charge < -0.3 is 15.4 Å². The topological polar surface area (TPSA) is 58.8 Å². The number of carbonyl (C=O) groups excluding carboxylic acids is 1. The Balaban J connectivity index is 1.89. The van der Waals surface area contributed by atoms with Crippen molar-refractivity contribution in [3.63, 3.8) is 0 Å². The number of carbonyl (C=O) groups is 1. The summed E-state index contributed by atoms with van der Waals surface area (Å²) < 4.78 is 19.6. The predicted octanol–water partition coefficient (Wildman–Crippen LogP) is 2.34. The minimum absolute atomic E-state index is 0.200. The largest absolute Gasteiger partial charge is 0.444 e. The highest BCUT2D eigenvalue weighted by molar-refractivity contribution is 5.68. The Morgan fingerprint density at radius 1 is 1.22 bits per heavy atom.